The average molecular weight is 475 g/mol. The summed E-state index contributed by atoms with van der Waals surface area (Å²) in [7, 11) is -1.27. The molecule has 2 aromatic rings. The second-order valence-corrected chi connectivity index (χ2v) is 12.6. The van der Waals surface area contributed by atoms with Gasteiger partial charge in [0, 0.05) is 37.6 Å². The van der Waals surface area contributed by atoms with Gasteiger partial charge in [-0.15, -0.1) is 0 Å². The molecule has 0 spiro atoms. The Balaban J connectivity index is 1.35. The van der Waals surface area contributed by atoms with Gasteiger partial charge in [-0.25, -0.2) is 17.5 Å². The average Bonchev–Trinajstić information content (AvgIpc) is 3.19. The Bertz CT molecular complexity index is 1160. The summed E-state index contributed by atoms with van der Waals surface area (Å²) in [5.74, 6) is 1.07. The third kappa shape index (κ3) is 3.74. The van der Waals surface area contributed by atoms with Crippen molar-refractivity contribution in [3.8, 4) is 0 Å². The summed E-state index contributed by atoms with van der Waals surface area (Å²) >= 11 is 0. The molecule has 0 saturated heterocycles. The van der Waals surface area contributed by atoms with Gasteiger partial charge in [0.15, 0.2) is 15.5 Å². The Kier molecular flexibility index (Phi) is 5.30. The van der Waals surface area contributed by atoms with Crippen molar-refractivity contribution in [3.63, 3.8) is 0 Å². The van der Waals surface area contributed by atoms with Gasteiger partial charge >= 0.3 is 0 Å². The Hall–Kier alpha value is -2.42. The Labute approximate surface area is 194 Å². The molecule has 1 amide bonds. The molecule has 178 valence electrons. The largest absolute Gasteiger partial charge is 0.347 e. The monoisotopic (exact) mass is 474 g/mol. The van der Waals surface area contributed by atoms with E-state index in [1.165, 1.54) is 18.4 Å². The minimum Gasteiger partial charge on any atom is -0.347 e. The maximum atomic E-state index is 13.3. The smallest absolute Gasteiger partial charge is 0.272 e. The number of carbonyl (C=O) groups excluding carboxylic acids is 1. The van der Waals surface area contributed by atoms with Crippen molar-refractivity contribution in [3.05, 3.63) is 41.8 Å². The van der Waals surface area contributed by atoms with Crippen LogP contribution in [0, 0.1) is 23.6 Å². The second kappa shape index (κ2) is 7.82. The van der Waals surface area contributed by atoms with E-state index in [-0.39, 0.29) is 29.6 Å². The molecule has 2 atom stereocenters. The topological polar surface area (TPSA) is 84.3 Å². The molecule has 6 rings (SSSR count). The summed E-state index contributed by atoms with van der Waals surface area (Å²) in [5, 5.41) is 7.74. The lowest BCUT2D eigenvalue weighted by Crippen LogP contribution is -2.63. The molecule has 4 aliphatic carbocycles. The summed E-state index contributed by atoms with van der Waals surface area (Å²) in [6, 6.07) is 7.94. The lowest BCUT2D eigenvalue weighted by molar-refractivity contribution is 0.000185. The molecule has 4 bridgehead atoms. The lowest BCUT2D eigenvalue weighted by Gasteiger charge is -2.59. The van der Waals surface area contributed by atoms with Gasteiger partial charge in [-0.1, -0.05) is 0 Å². The van der Waals surface area contributed by atoms with Crippen LogP contribution in [0.15, 0.2) is 30.3 Å². The molecule has 1 heterocycles. The first kappa shape index (κ1) is 22.4. The number of hydrogen-bond acceptors (Lipinski definition) is 5. The summed E-state index contributed by atoms with van der Waals surface area (Å²) in [6.45, 7) is 2.54. The highest BCUT2D eigenvalue weighted by atomic mass is 32.2. The number of benzene rings is 1. The molecule has 0 radical (unpaired) electrons. The third-order valence-corrected chi connectivity index (χ3v) is 10.2. The zero-order chi connectivity index (χ0) is 23.5. The van der Waals surface area contributed by atoms with Crippen molar-refractivity contribution in [2.45, 2.75) is 56.4 Å². The van der Waals surface area contributed by atoms with Crippen molar-refractivity contribution in [1.82, 2.24) is 15.1 Å². The van der Waals surface area contributed by atoms with Gasteiger partial charge in [0.05, 0.1) is 4.75 Å². The molecule has 4 saturated carbocycles. The molecule has 4 fully saturated rings. The molecular weight excluding hydrogens is 443 g/mol. The minimum absolute atomic E-state index is 0.00557. The predicted molar refractivity (Wildman–Crippen MR) is 125 cm³/mol. The van der Waals surface area contributed by atoms with E-state index in [2.05, 4.69) is 10.4 Å². The van der Waals surface area contributed by atoms with Crippen LogP contribution in [0.4, 0.5) is 15.9 Å². The van der Waals surface area contributed by atoms with E-state index >= 15 is 0 Å². The summed E-state index contributed by atoms with van der Waals surface area (Å²) in [6.07, 6.45) is 5.42. The van der Waals surface area contributed by atoms with Crippen molar-refractivity contribution >= 4 is 27.2 Å². The van der Waals surface area contributed by atoms with Crippen LogP contribution >= 0.6 is 0 Å². The van der Waals surface area contributed by atoms with Crippen LogP contribution in [-0.2, 0) is 16.4 Å². The number of sulfone groups is 1. The van der Waals surface area contributed by atoms with E-state index < -0.39 is 14.6 Å². The highest BCUT2D eigenvalue weighted by molar-refractivity contribution is 7.92. The van der Waals surface area contributed by atoms with Gasteiger partial charge in [0.25, 0.3) is 5.91 Å². The first-order chi connectivity index (χ1) is 15.6. The van der Waals surface area contributed by atoms with Gasteiger partial charge in [-0.2, -0.15) is 5.10 Å². The van der Waals surface area contributed by atoms with Gasteiger partial charge < -0.3 is 10.2 Å². The number of halogens is 1. The number of nitrogens with one attached hydrogen (secondary N) is 1. The predicted octanol–water partition coefficient (Wildman–Crippen LogP) is 3.53. The van der Waals surface area contributed by atoms with Crippen LogP contribution in [0.25, 0.3) is 0 Å². The number of carbonyl (C=O) groups is 1. The number of nitrogens with zero attached hydrogens (tertiary/aromatic N) is 3. The fourth-order valence-corrected chi connectivity index (χ4v) is 8.25. The van der Waals surface area contributed by atoms with Crippen LogP contribution < -0.4 is 10.2 Å². The maximum Gasteiger partial charge on any atom is 0.272 e. The number of aromatic nitrogens is 2. The van der Waals surface area contributed by atoms with Crippen LogP contribution in [0.1, 0.15) is 49.5 Å². The normalized spacial score (nSPS) is 30.4. The highest BCUT2D eigenvalue weighted by Gasteiger charge is 2.59. The fraction of sp³-hybridized carbons (Fsp3) is 0.583. The molecule has 1 aromatic heterocycles. The second-order valence-electron chi connectivity index (χ2n) is 10.2. The first-order valence-electron chi connectivity index (χ1n) is 11.7. The van der Waals surface area contributed by atoms with Crippen molar-refractivity contribution in [2.24, 2.45) is 17.8 Å². The Morgan fingerprint density at radius 2 is 1.85 bits per heavy atom. The summed E-state index contributed by atoms with van der Waals surface area (Å²) in [4.78, 5) is 15.1. The van der Waals surface area contributed by atoms with E-state index in [0.717, 1.165) is 30.8 Å². The van der Waals surface area contributed by atoms with Crippen LogP contribution in [0.2, 0.25) is 0 Å². The maximum absolute atomic E-state index is 13.3. The van der Waals surface area contributed by atoms with Crippen LogP contribution in [0.5, 0.6) is 0 Å². The van der Waals surface area contributed by atoms with Crippen molar-refractivity contribution in [2.75, 3.05) is 18.2 Å². The zero-order valence-electron chi connectivity index (χ0n) is 19.3. The van der Waals surface area contributed by atoms with Crippen molar-refractivity contribution in [1.29, 1.82) is 0 Å². The van der Waals surface area contributed by atoms with Crippen LogP contribution in [-0.4, -0.2) is 48.2 Å². The number of rotatable bonds is 6. The van der Waals surface area contributed by atoms with E-state index in [1.54, 1.807) is 22.9 Å². The standard InChI is InChI=1S/C24H31FN4O3S/c1-4-29-21(28(2)19-7-5-18(25)6-8-19)11-20(27-29)23(30)26-22-16-9-15-10-17(22)14-24(12-15,13-16)33(3,31)32/h5-8,11,15-17,22H,4,9-10,12-14H2,1-3H3,(H,26,30). The van der Waals surface area contributed by atoms with Gasteiger partial charge in [-0.3, -0.25) is 4.79 Å². The zero-order valence-corrected chi connectivity index (χ0v) is 20.1. The number of anilines is 2. The Morgan fingerprint density at radius 3 is 2.42 bits per heavy atom. The third-order valence-electron chi connectivity index (χ3n) is 8.15. The molecule has 4 aliphatic rings. The van der Waals surface area contributed by atoms with E-state index in [9.17, 15) is 17.6 Å². The van der Waals surface area contributed by atoms with Crippen LogP contribution in [0.3, 0.4) is 0 Å². The molecule has 1 aromatic carbocycles. The number of hydrogen-bond donors (Lipinski definition) is 1. The first-order valence-corrected chi connectivity index (χ1v) is 13.6. The molecular formula is C24H31FN4O3S. The quantitative estimate of drug-likeness (QED) is 0.692. The highest BCUT2D eigenvalue weighted by Crippen LogP contribution is 2.58. The Morgan fingerprint density at radius 1 is 1.21 bits per heavy atom. The molecule has 7 nitrogen and oxygen atoms in total. The molecule has 9 heteroatoms. The number of amides is 1. The molecule has 33 heavy (non-hydrogen) atoms. The van der Waals surface area contributed by atoms with E-state index in [0.29, 0.717) is 31.0 Å². The number of aryl methyl sites for hydroxylation is 1. The SMILES string of the molecule is CCn1nc(C(=O)NC2C3CC4CC2CC(S(C)(=O)=O)(C4)C3)cc1N(C)c1ccc(F)cc1. The van der Waals surface area contributed by atoms with E-state index in [4.69, 9.17) is 0 Å². The van der Waals surface area contributed by atoms with E-state index in [1.807, 2.05) is 18.9 Å². The summed E-state index contributed by atoms with van der Waals surface area (Å²) < 4.78 is 39.6. The van der Waals surface area contributed by atoms with Gasteiger partial charge in [0.2, 0.25) is 0 Å². The van der Waals surface area contributed by atoms with Gasteiger partial charge in [0.1, 0.15) is 11.6 Å². The fourth-order valence-electron chi connectivity index (χ4n) is 6.68. The summed E-state index contributed by atoms with van der Waals surface area (Å²) in [5.41, 5.74) is 1.14. The molecule has 1 N–H and O–H groups in total. The lowest BCUT2D eigenvalue weighted by atomic mass is 9.53. The molecule has 2 unspecified atom stereocenters. The van der Waals surface area contributed by atoms with Crippen molar-refractivity contribution < 1.29 is 17.6 Å². The molecule has 0 aliphatic heterocycles. The minimum atomic E-state index is -3.13. The van der Waals surface area contributed by atoms with Gasteiger partial charge in [-0.05, 0) is 81.0 Å².